The minimum absolute atomic E-state index is 0.0508. The van der Waals surface area contributed by atoms with Crippen molar-refractivity contribution in [2.45, 2.75) is 160 Å². The predicted molar refractivity (Wildman–Crippen MR) is 266 cm³/mol. The van der Waals surface area contributed by atoms with E-state index in [-0.39, 0.29) is 65.6 Å². The number of hydrogen-bond acceptors (Lipinski definition) is 8. The smallest absolute Gasteiger partial charge is 0.407 e. The van der Waals surface area contributed by atoms with Gasteiger partial charge in [-0.15, -0.1) is 0 Å². The minimum Gasteiger partial charge on any atom is -0.453 e. The number of alkyl carbamates (subject to hydrolysis) is 1. The molecule has 5 aromatic rings. The van der Waals surface area contributed by atoms with Crippen molar-refractivity contribution < 1.29 is 27.9 Å². The lowest BCUT2D eigenvalue weighted by Crippen LogP contribution is -2.53. The summed E-state index contributed by atoms with van der Waals surface area (Å²) >= 11 is 0. The summed E-state index contributed by atoms with van der Waals surface area (Å²) in [5.41, 5.74) is 5.88. The van der Waals surface area contributed by atoms with Gasteiger partial charge in [0.1, 0.15) is 23.4 Å². The Balaban J connectivity index is 0.933. The van der Waals surface area contributed by atoms with Crippen LogP contribution in [-0.2, 0) is 14.3 Å². The average Bonchev–Trinajstić information content (AvgIpc) is 4.20. The van der Waals surface area contributed by atoms with Crippen molar-refractivity contribution in [3.05, 3.63) is 82.9 Å². The van der Waals surface area contributed by atoms with Crippen LogP contribution in [0.4, 0.5) is 25.0 Å². The van der Waals surface area contributed by atoms with Gasteiger partial charge in [0.05, 0.1) is 53.3 Å². The monoisotopic (exact) mass is 958 g/mol. The molecule has 372 valence electrons. The van der Waals surface area contributed by atoms with E-state index >= 15 is 8.78 Å². The highest BCUT2D eigenvalue weighted by Crippen LogP contribution is 2.51. The molecule has 15 heteroatoms. The molecule has 2 aromatic heterocycles. The van der Waals surface area contributed by atoms with Crippen molar-refractivity contribution >= 4 is 51.3 Å². The Bertz CT molecular complexity index is 2760. The summed E-state index contributed by atoms with van der Waals surface area (Å²) in [6, 6.07) is 14.3. The summed E-state index contributed by atoms with van der Waals surface area (Å²) in [5.74, 6) is 1.48. The van der Waals surface area contributed by atoms with Crippen LogP contribution in [0, 0.1) is 35.3 Å². The van der Waals surface area contributed by atoms with Crippen molar-refractivity contribution in [3.8, 4) is 0 Å². The standard InChI is InChI=1S/C55H69F2N9O4/c1-30(2)23-49(67)65-43-13-9-11-32(43)26-47(65)52-58-39-17-15-34(24-41(39)60-52)45-19-20-46(64(45)36-28-37(56)51(38(57)29-36)63-21-7-6-8-22-63)35-16-18-40-42(25-35)61-53(59-40)48-27-33-12-10-14-44(33)66(48)54(68)50(31(3)4)62-55(69)70-5/h15-18,24-25,28-33,43-48,50H,6-14,19-23,26-27H2,1-5H3,(H,58,60)(H,59,61)(H,62,69)/t32-,33-,43-,44-,45+,46+,47-,48?,50-/m0/s1. The molecule has 4 aliphatic heterocycles. The summed E-state index contributed by atoms with van der Waals surface area (Å²) in [4.78, 5) is 66.4. The number of aromatic nitrogens is 4. The number of anilines is 2. The number of methoxy groups -OCH3 is 1. The molecule has 70 heavy (non-hydrogen) atoms. The van der Waals surface area contributed by atoms with E-state index in [1.807, 2.05) is 35.8 Å². The average molecular weight is 958 g/mol. The molecule has 2 aliphatic carbocycles. The summed E-state index contributed by atoms with van der Waals surface area (Å²) in [5, 5.41) is 2.80. The van der Waals surface area contributed by atoms with Crippen molar-refractivity contribution in [2.75, 3.05) is 30.0 Å². The number of amides is 3. The number of piperidine rings is 1. The summed E-state index contributed by atoms with van der Waals surface area (Å²) in [7, 11) is 1.31. The van der Waals surface area contributed by atoms with Gasteiger partial charge in [-0.05, 0) is 142 Å². The maximum Gasteiger partial charge on any atom is 0.407 e. The van der Waals surface area contributed by atoms with Gasteiger partial charge in [-0.3, -0.25) is 9.59 Å². The molecule has 0 radical (unpaired) electrons. The van der Waals surface area contributed by atoms with Crippen molar-refractivity contribution in [1.82, 2.24) is 35.1 Å². The van der Waals surface area contributed by atoms with E-state index in [2.05, 4.69) is 63.2 Å². The van der Waals surface area contributed by atoms with Crippen LogP contribution < -0.4 is 15.1 Å². The Morgan fingerprint density at radius 2 is 1.24 bits per heavy atom. The van der Waals surface area contributed by atoms with E-state index in [1.165, 1.54) is 19.2 Å². The maximum absolute atomic E-state index is 16.5. The molecule has 4 saturated heterocycles. The van der Waals surface area contributed by atoms with Gasteiger partial charge in [0.2, 0.25) is 11.8 Å². The number of aromatic amines is 2. The van der Waals surface area contributed by atoms with E-state index < -0.39 is 23.8 Å². The quantitative estimate of drug-likeness (QED) is 0.119. The Kier molecular flexibility index (Phi) is 12.5. The molecule has 13 nitrogen and oxygen atoms in total. The maximum atomic E-state index is 16.5. The van der Waals surface area contributed by atoms with Crippen LogP contribution in [0.3, 0.4) is 0 Å². The molecule has 9 atom stereocenters. The van der Waals surface area contributed by atoms with E-state index in [4.69, 9.17) is 14.7 Å². The number of likely N-dealkylation sites (tertiary alicyclic amines) is 2. The van der Waals surface area contributed by atoms with Gasteiger partial charge in [-0.25, -0.2) is 23.5 Å². The van der Waals surface area contributed by atoms with E-state index in [1.54, 1.807) is 0 Å². The number of fused-ring (bicyclic) bond motifs is 4. The molecular weight excluding hydrogens is 889 g/mol. The zero-order chi connectivity index (χ0) is 48.5. The Morgan fingerprint density at radius 1 is 0.700 bits per heavy atom. The number of halogens is 2. The number of carbonyl (C=O) groups excluding carboxylic acids is 3. The lowest BCUT2D eigenvalue weighted by Gasteiger charge is -2.35. The first kappa shape index (κ1) is 46.6. The molecule has 6 heterocycles. The summed E-state index contributed by atoms with van der Waals surface area (Å²) < 4.78 is 37.9. The highest BCUT2D eigenvalue weighted by molar-refractivity contribution is 5.87. The van der Waals surface area contributed by atoms with Crippen molar-refractivity contribution in [1.29, 1.82) is 0 Å². The topological polar surface area (TPSA) is 143 Å². The summed E-state index contributed by atoms with van der Waals surface area (Å²) in [6.45, 7) is 9.32. The number of H-pyrrole nitrogens is 2. The van der Waals surface area contributed by atoms with Gasteiger partial charge in [0.15, 0.2) is 11.6 Å². The molecule has 0 spiro atoms. The zero-order valence-corrected chi connectivity index (χ0v) is 41.4. The molecule has 0 bridgehead atoms. The third kappa shape index (κ3) is 8.35. The number of nitrogens with zero attached hydrogens (tertiary/aromatic N) is 6. The fraction of sp³-hybridized carbons (Fsp3) is 0.582. The SMILES string of the molecule is COC(=O)N[C@H](C(=O)N1C(c2nc3ccc([C@H]4CC[C@H](c5ccc6nc([C@@H]7C[C@@H]8CCC[C@@H]8N7C(=O)CC(C)C)[nH]c6c5)N4c4cc(F)c(N5CCCCC5)c(F)c4)cc3[nH]2)C[C@@H]2CCC[C@@H]21)C(C)C. The third-order valence-electron chi connectivity index (χ3n) is 17.0. The Hall–Kier alpha value is -5.73. The lowest BCUT2D eigenvalue weighted by atomic mass is 10.0. The molecule has 2 saturated carbocycles. The third-order valence-corrected chi connectivity index (χ3v) is 17.0. The first-order valence-electron chi connectivity index (χ1n) is 26.3. The van der Waals surface area contributed by atoms with E-state index in [9.17, 15) is 14.4 Å². The second-order valence-electron chi connectivity index (χ2n) is 22.1. The number of rotatable bonds is 11. The largest absolute Gasteiger partial charge is 0.453 e. The number of benzene rings is 3. The van der Waals surface area contributed by atoms with Gasteiger partial charge in [0.25, 0.3) is 0 Å². The molecule has 3 amide bonds. The number of imidazole rings is 2. The van der Waals surface area contributed by atoms with E-state index in [0.29, 0.717) is 37.0 Å². The number of nitrogens with one attached hydrogen (secondary N) is 3. The van der Waals surface area contributed by atoms with Crippen LogP contribution in [0.1, 0.15) is 165 Å². The fourth-order valence-electron chi connectivity index (χ4n) is 13.8. The van der Waals surface area contributed by atoms with Crippen LogP contribution in [0.25, 0.3) is 22.1 Å². The normalized spacial score (nSPS) is 27.1. The highest BCUT2D eigenvalue weighted by atomic mass is 19.1. The molecule has 6 aliphatic rings. The first-order chi connectivity index (χ1) is 33.8. The van der Waals surface area contributed by atoms with Gasteiger partial charge in [-0.1, -0.05) is 52.7 Å². The highest BCUT2D eigenvalue weighted by Gasteiger charge is 2.50. The molecule has 6 fully saturated rings. The van der Waals surface area contributed by atoms with Crippen LogP contribution in [0.5, 0.6) is 0 Å². The van der Waals surface area contributed by atoms with E-state index in [0.717, 1.165) is 128 Å². The molecule has 1 unspecified atom stereocenters. The van der Waals surface area contributed by atoms with Crippen LogP contribution >= 0.6 is 0 Å². The summed E-state index contributed by atoms with van der Waals surface area (Å²) in [6.07, 6.45) is 12.3. The van der Waals surface area contributed by atoms with Crippen molar-refractivity contribution in [3.63, 3.8) is 0 Å². The van der Waals surface area contributed by atoms with Gasteiger partial charge in [0, 0.05) is 37.3 Å². The van der Waals surface area contributed by atoms with Gasteiger partial charge >= 0.3 is 6.09 Å². The zero-order valence-electron chi connectivity index (χ0n) is 41.4. The number of hydrogen-bond donors (Lipinski definition) is 3. The van der Waals surface area contributed by atoms with Crippen molar-refractivity contribution in [2.24, 2.45) is 23.7 Å². The van der Waals surface area contributed by atoms with Gasteiger partial charge < -0.3 is 39.6 Å². The van der Waals surface area contributed by atoms with Crippen LogP contribution in [0.2, 0.25) is 0 Å². The number of ether oxygens (including phenoxy) is 1. The Labute approximate surface area is 409 Å². The molecule has 11 rings (SSSR count). The minimum atomic E-state index is -0.742. The second kappa shape index (κ2) is 18.8. The van der Waals surface area contributed by atoms with Gasteiger partial charge in [-0.2, -0.15) is 0 Å². The van der Waals surface area contributed by atoms with Crippen LogP contribution in [-0.4, -0.2) is 86.0 Å². The first-order valence-corrected chi connectivity index (χ1v) is 26.3. The second-order valence-corrected chi connectivity index (χ2v) is 22.1. The molecular formula is C55H69F2N9O4. The lowest BCUT2D eigenvalue weighted by molar-refractivity contribution is -0.138. The molecule has 3 aromatic carbocycles. The van der Waals surface area contributed by atoms with Crippen LogP contribution in [0.15, 0.2) is 48.5 Å². The Morgan fingerprint density at radius 3 is 1.77 bits per heavy atom. The predicted octanol–water partition coefficient (Wildman–Crippen LogP) is 11.1. The number of carbonyl (C=O) groups is 3. The molecule has 3 N–H and O–H groups in total. The fourth-order valence-corrected chi connectivity index (χ4v) is 13.8.